The van der Waals surface area contributed by atoms with E-state index in [1.165, 1.54) is 30.3 Å². The molecule has 0 heterocycles. The van der Waals surface area contributed by atoms with Crippen LogP contribution in [0.4, 0.5) is 0 Å². The minimum absolute atomic E-state index is 0.0818. The third-order valence-electron chi connectivity index (χ3n) is 5.37. The molecular formula is C22H25ClN4O5S. The third kappa shape index (κ3) is 7.01. The molecule has 3 amide bonds. The van der Waals surface area contributed by atoms with Gasteiger partial charge >= 0.3 is 0 Å². The Hall–Kier alpha value is -2.95. The number of rotatable bonds is 7. The van der Waals surface area contributed by atoms with Crippen LogP contribution in [0.15, 0.2) is 53.4 Å². The maximum absolute atomic E-state index is 12.6. The monoisotopic (exact) mass is 492 g/mol. The summed E-state index contributed by atoms with van der Waals surface area (Å²) in [6, 6.07) is 11.1. The molecule has 1 fully saturated rings. The first-order chi connectivity index (χ1) is 15.6. The summed E-state index contributed by atoms with van der Waals surface area (Å²) in [5, 5.41) is 13.9. The Kier molecular flexibility index (Phi) is 8.06. The predicted octanol–water partition coefficient (Wildman–Crippen LogP) is 1.57. The average Bonchev–Trinajstić information content (AvgIpc) is 2.78. The van der Waals surface area contributed by atoms with Crippen molar-refractivity contribution in [3.63, 3.8) is 0 Å². The highest BCUT2D eigenvalue weighted by Gasteiger charge is 2.28. The largest absolute Gasteiger partial charge is 0.350 e. The van der Waals surface area contributed by atoms with Crippen molar-refractivity contribution in [2.45, 2.75) is 42.7 Å². The van der Waals surface area contributed by atoms with Gasteiger partial charge < -0.3 is 16.0 Å². The van der Waals surface area contributed by atoms with Crippen LogP contribution in [-0.4, -0.2) is 44.8 Å². The third-order valence-corrected chi connectivity index (χ3v) is 6.53. The Labute approximate surface area is 197 Å². The van der Waals surface area contributed by atoms with Gasteiger partial charge in [0.05, 0.1) is 11.4 Å². The Morgan fingerprint density at radius 2 is 1.55 bits per heavy atom. The van der Waals surface area contributed by atoms with Crippen LogP contribution in [0, 0.1) is 0 Å². The number of hydrogen-bond acceptors (Lipinski definition) is 5. The number of carbonyl (C=O) groups excluding carboxylic acids is 3. The zero-order valence-electron chi connectivity index (χ0n) is 17.7. The molecule has 1 aliphatic rings. The minimum Gasteiger partial charge on any atom is -0.350 e. The van der Waals surface area contributed by atoms with Gasteiger partial charge in [-0.05, 0) is 55.3 Å². The van der Waals surface area contributed by atoms with Gasteiger partial charge in [-0.15, -0.1) is 0 Å². The van der Waals surface area contributed by atoms with Gasteiger partial charge in [0.2, 0.25) is 15.9 Å². The average molecular weight is 493 g/mol. The van der Waals surface area contributed by atoms with E-state index in [0.29, 0.717) is 23.4 Å². The number of benzene rings is 2. The van der Waals surface area contributed by atoms with E-state index < -0.39 is 15.9 Å². The lowest BCUT2D eigenvalue weighted by Crippen LogP contribution is -2.54. The lowest BCUT2D eigenvalue weighted by molar-refractivity contribution is -0.121. The Balaban J connectivity index is 1.55. The SMILES string of the molecule is NS(=O)(=O)c1ccc(C(=O)NC2CCCCC2NC(=O)CNC(=O)c2cccc(Cl)c2)cc1. The second-order valence-electron chi connectivity index (χ2n) is 7.80. The van der Waals surface area contributed by atoms with E-state index in [1.54, 1.807) is 18.2 Å². The Morgan fingerprint density at radius 1 is 0.909 bits per heavy atom. The fraction of sp³-hybridized carbons (Fsp3) is 0.318. The van der Waals surface area contributed by atoms with E-state index in [4.69, 9.17) is 16.7 Å². The Bertz CT molecular complexity index is 1140. The highest BCUT2D eigenvalue weighted by Crippen LogP contribution is 2.19. The molecule has 3 rings (SSSR count). The number of sulfonamides is 1. The molecule has 2 unspecified atom stereocenters. The van der Waals surface area contributed by atoms with Crippen molar-refractivity contribution in [1.82, 2.24) is 16.0 Å². The molecular weight excluding hydrogens is 468 g/mol. The summed E-state index contributed by atoms with van der Waals surface area (Å²) in [6.07, 6.45) is 3.16. The summed E-state index contributed by atoms with van der Waals surface area (Å²) in [5.74, 6) is -1.16. The van der Waals surface area contributed by atoms with Crippen molar-refractivity contribution in [1.29, 1.82) is 0 Å². The first-order valence-electron chi connectivity index (χ1n) is 10.4. The maximum Gasteiger partial charge on any atom is 0.251 e. The first kappa shape index (κ1) is 24.7. The van der Waals surface area contributed by atoms with Crippen molar-refractivity contribution in [2.24, 2.45) is 5.14 Å². The fourth-order valence-corrected chi connectivity index (χ4v) is 4.38. The molecule has 0 aliphatic heterocycles. The summed E-state index contributed by atoms with van der Waals surface area (Å²) in [6.45, 7) is -0.211. The van der Waals surface area contributed by atoms with E-state index >= 15 is 0 Å². The zero-order valence-corrected chi connectivity index (χ0v) is 19.3. The molecule has 1 aliphatic carbocycles. The number of halogens is 1. The Morgan fingerprint density at radius 3 is 2.15 bits per heavy atom. The highest BCUT2D eigenvalue weighted by molar-refractivity contribution is 7.89. The van der Waals surface area contributed by atoms with Crippen molar-refractivity contribution in [3.8, 4) is 0 Å². The van der Waals surface area contributed by atoms with Crippen LogP contribution in [-0.2, 0) is 14.8 Å². The molecule has 1 saturated carbocycles. The standard InChI is InChI=1S/C22H25ClN4O5S/c23-16-5-3-4-15(12-16)21(29)25-13-20(28)26-18-6-1-2-7-19(18)27-22(30)14-8-10-17(11-9-14)33(24,31)32/h3-5,8-12,18-19H,1-2,6-7,13H2,(H,25,29)(H,26,28)(H,27,30)(H2,24,31,32). The van der Waals surface area contributed by atoms with E-state index in [0.717, 1.165) is 12.8 Å². The summed E-state index contributed by atoms with van der Waals surface area (Å²) >= 11 is 5.88. The van der Waals surface area contributed by atoms with E-state index in [-0.39, 0.29) is 40.9 Å². The summed E-state index contributed by atoms with van der Waals surface area (Å²) in [5.41, 5.74) is 0.637. The van der Waals surface area contributed by atoms with Crippen molar-refractivity contribution >= 4 is 39.3 Å². The van der Waals surface area contributed by atoms with Gasteiger partial charge in [0.25, 0.3) is 11.8 Å². The lowest BCUT2D eigenvalue weighted by atomic mass is 9.90. The van der Waals surface area contributed by atoms with E-state index in [9.17, 15) is 22.8 Å². The number of primary sulfonamides is 1. The van der Waals surface area contributed by atoms with Gasteiger partial charge in [0.15, 0.2) is 0 Å². The number of carbonyl (C=O) groups is 3. The molecule has 0 spiro atoms. The number of nitrogens with two attached hydrogens (primary N) is 1. The normalized spacial score (nSPS) is 18.2. The molecule has 2 atom stereocenters. The molecule has 0 bridgehead atoms. The molecule has 9 nitrogen and oxygen atoms in total. The highest BCUT2D eigenvalue weighted by atomic mass is 35.5. The quantitative estimate of drug-likeness (QED) is 0.463. The van der Waals surface area contributed by atoms with Gasteiger partial charge in [-0.25, -0.2) is 13.6 Å². The van der Waals surface area contributed by atoms with Crippen molar-refractivity contribution in [3.05, 3.63) is 64.7 Å². The second kappa shape index (κ2) is 10.8. The summed E-state index contributed by atoms with van der Waals surface area (Å²) in [4.78, 5) is 37.2. The van der Waals surface area contributed by atoms with Gasteiger partial charge in [-0.2, -0.15) is 0 Å². The topological polar surface area (TPSA) is 147 Å². The van der Waals surface area contributed by atoms with Crippen LogP contribution in [0.3, 0.4) is 0 Å². The predicted molar refractivity (Wildman–Crippen MR) is 123 cm³/mol. The zero-order chi connectivity index (χ0) is 24.0. The van der Waals surface area contributed by atoms with Crippen molar-refractivity contribution in [2.75, 3.05) is 6.54 Å². The minimum atomic E-state index is -3.84. The van der Waals surface area contributed by atoms with E-state index in [1.807, 2.05) is 0 Å². The molecule has 11 heteroatoms. The molecule has 0 radical (unpaired) electrons. The molecule has 2 aromatic rings. The van der Waals surface area contributed by atoms with Gasteiger partial charge in [0, 0.05) is 28.2 Å². The fourth-order valence-electron chi connectivity index (χ4n) is 3.67. The summed E-state index contributed by atoms with van der Waals surface area (Å²) in [7, 11) is -3.84. The second-order valence-corrected chi connectivity index (χ2v) is 9.80. The van der Waals surface area contributed by atoms with Crippen LogP contribution in [0.2, 0.25) is 5.02 Å². The van der Waals surface area contributed by atoms with E-state index in [2.05, 4.69) is 16.0 Å². The molecule has 33 heavy (non-hydrogen) atoms. The van der Waals surface area contributed by atoms with Crippen LogP contribution in [0.1, 0.15) is 46.4 Å². The molecule has 0 aromatic heterocycles. The number of hydrogen-bond donors (Lipinski definition) is 4. The van der Waals surface area contributed by atoms with Gasteiger partial charge in [-0.1, -0.05) is 30.5 Å². The van der Waals surface area contributed by atoms with Crippen LogP contribution < -0.4 is 21.1 Å². The molecule has 0 saturated heterocycles. The van der Waals surface area contributed by atoms with Crippen molar-refractivity contribution < 1.29 is 22.8 Å². The van der Waals surface area contributed by atoms with Crippen LogP contribution in [0.25, 0.3) is 0 Å². The first-order valence-corrected chi connectivity index (χ1v) is 12.3. The number of nitrogens with one attached hydrogen (secondary N) is 3. The smallest absolute Gasteiger partial charge is 0.251 e. The van der Waals surface area contributed by atoms with Gasteiger partial charge in [-0.3, -0.25) is 14.4 Å². The molecule has 5 N–H and O–H groups in total. The van der Waals surface area contributed by atoms with Gasteiger partial charge in [0.1, 0.15) is 0 Å². The summed E-state index contributed by atoms with van der Waals surface area (Å²) < 4.78 is 22.7. The van der Waals surface area contributed by atoms with Crippen LogP contribution in [0.5, 0.6) is 0 Å². The number of amides is 3. The van der Waals surface area contributed by atoms with Crippen LogP contribution >= 0.6 is 11.6 Å². The lowest BCUT2D eigenvalue weighted by Gasteiger charge is -2.33. The maximum atomic E-state index is 12.6. The molecule has 2 aromatic carbocycles. The molecule has 176 valence electrons.